The maximum Gasteiger partial charge on any atom is 0.220 e. The van der Waals surface area contributed by atoms with Gasteiger partial charge in [-0.1, -0.05) is 27.7 Å². The summed E-state index contributed by atoms with van der Waals surface area (Å²) >= 11 is 0. The Labute approximate surface area is 99.2 Å². The molecule has 0 radical (unpaired) electrons. The summed E-state index contributed by atoms with van der Waals surface area (Å²) in [6.45, 7) is 10.5. The molecule has 0 saturated carbocycles. The minimum absolute atomic E-state index is 0.0423. The van der Waals surface area contributed by atoms with Gasteiger partial charge < -0.3 is 5.32 Å². The molecule has 0 aromatic heterocycles. The van der Waals surface area contributed by atoms with E-state index in [9.17, 15) is 4.79 Å². The third kappa shape index (κ3) is 8.28. The smallest absolute Gasteiger partial charge is 0.220 e. The van der Waals surface area contributed by atoms with Crippen LogP contribution in [0.5, 0.6) is 0 Å². The van der Waals surface area contributed by atoms with Gasteiger partial charge in [-0.15, -0.1) is 0 Å². The number of hydrogen-bond donors (Lipinski definition) is 1. The first-order valence-electron chi connectivity index (χ1n) is 5.91. The molecule has 3 nitrogen and oxygen atoms in total. The van der Waals surface area contributed by atoms with E-state index in [1.165, 1.54) is 0 Å². The topological polar surface area (TPSA) is 52.9 Å². The summed E-state index contributed by atoms with van der Waals surface area (Å²) in [6, 6.07) is 2.01. The van der Waals surface area contributed by atoms with Crippen LogP contribution >= 0.6 is 0 Å². The summed E-state index contributed by atoms with van der Waals surface area (Å²) in [4.78, 5) is 11.6. The highest BCUT2D eigenvalue weighted by Crippen LogP contribution is 2.25. The standard InChI is InChI=1S/C13H24N2O/c1-10(9-13(3,4)5)8-12(16)15-11(2)6-7-14/h10-11H,6,8-9H2,1-5H3,(H,15,16). The molecule has 0 spiro atoms. The maximum absolute atomic E-state index is 11.6. The fourth-order valence-corrected chi connectivity index (χ4v) is 1.96. The molecule has 0 aliphatic heterocycles. The summed E-state index contributed by atoms with van der Waals surface area (Å²) in [6.07, 6.45) is 1.96. The van der Waals surface area contributed by atoms with Crippen LogP contribution in [0.25, 0.3) is 0 Å². The third-order valence-corrected chi connectivity index (χ3v) is 2.30. The number of hydrogen-bond acceptors (Lipinski definition) is 2. The lowest BCUT2D eigenvalue weighted by molar-refractivity contribution is -0.122. The molecule has 0 heterocycles. The van der Waals surface area contributed by atoms with Crippen molar-refractivity contribution in [1.82, 2.24) is 5.32 Å². The molecule has 0 fully saturated rings. The van der Waals surface area contributed by atoms with Gasteiger partial charge in [0.15, 0.2) is 0 Å². The van der Waals surface area contributed by atoms with E-state index >= 15 is 0 Å². The van der Waals surface area contributed by atoms with Gasteiger partial charge in [0.25, 0.3) is 0 Å². The van der Waals surface area contributed by atoms with Crippen molar-refractivity contribution in [2.45, 2.75) is 59.9 Å². The second-order valence-corrected chi connectivity index (χ2v) is 5.90. The fraction of sp³-hybridized carbons (Fsp3) is 0.846. The molecule has 0 bridgehead atoms. The van der Waals surface area contributed by atoms with E-state index in [0.29, 0.717) is 18.8 Å². The summed E-state index contributed by atoms with van der Waals surface area (Å²) in [5.41, 5.74) is 0.262. The molecule has 92 valence electrons. The number of rotatable bonds is 5. The maximum atomic E-state index is 11.6. The Morgan fingerprint density at radius 1 is 1.38 bits per heavy atom. The molecular weight excluding hydrogens is 200 g/mol. The number of nitriles is 1. The van der Waals surface area contributed by atoms with Crippen LogP contribution in [0.3, 0.4) is 0 Å². The minimum Gasteiger partial charge on any atom is -0.353 e. The van der Waals surface area contributed by atoms with Crippen molar-refractivity contribution in [3.8, 4) is 6.07 Å². The molecule has 0 aliphatic rings. The number of nitrogens with zero attached hydrogens (tertiary/aromatic N) is 1. The zero-order valence-electron chi connectivity index (χ0n) is 11.1. The highest BCUT2D eigenvalue weighted by molar-refractivity contribution is 5.76. The Kier molecular flexibility index (Phi) is 6.10. The second kappa shape index (κ2) is 6.52. The molecule has 0 saturated heterocycles. The summed E-state index contributed by atoms with van der Waals surface area (Å²) < 4.78 is 0. The van der Waals surface area contributed by atoms with Crippen LogP contribution in [-0.2, 0) is 4.79 Å². The van der Waals surface area contributed by atoms with E-state index in [2.05, 4.69) is 33.0 Å². The molecule has 2 unspecified atom stereocenters. The van der Waals surface area contributed by atoms with Crippen LogP contribution in [0.15, 0.2) is 0 Å². The van der Waals surface area contributed by atoms with Crippen molar-refractivity contribution < 1.29 is 4.79 Å². The summed E-state index contributed by atoms with van der Waals surface area (Å²) in [5.74, 6) is 0.439. The van der Waals surface area contributed by atoms with E-state index in [0.717, 1.165) is 6.42 Å². The van der Waals surface area contributed by atoms with Crippen LogP contribution in [0.1, 0.15) is 53.9 Å². The first kappa shape index (κ1) is 15.0. The van der Waals surface area contributed by atoms with Crippen molar-refractivity contribution in [2.75, 3.05) is 0 Å². The molecule has 0 aliphatic carbocycles. The van der Waals surface area contributed by atoms with E-state index in [1.54, 1.807) is 0 Å². The molecule has 1 amide bonds. The average molecular weight is 224 g/mol. The lowest BCUT2D eigenvalue weighted by Crippen LogP contribution is -2.33. The van der Waals surface area contributed by atoms with Gasteiger partial charge in [0.1, 0.15) is 0 Å². The average Bonchev–Trinajstić information content (AvgIpc) is 1.98. The number of nitrogens with one attached hydrogen (secondary N) is 1. The summed E-state index contributed by atoms with van der Waals surface area (Å²) in [5, 5.41) is 11.3. The predicted molar refractivity (Wildman–Crippen MR) is 65.7 cm³/mol. The lowest BCUT2D eigenvalue weighted by Gasteiger charge is -2.23. The fourth-order valence-electron chi connectivity index (χ4n) is 1.96. The Hall–Kier alpha value is -1.04. The third-order valence-electron chi connectivity index (χ3n) is 2.30. The molecule has 16 heavy (non-hydrogen) atoms. The molecular formula is C13H24N2O. The highest BCUT2D eigenvalue weighted by Gasteiger charge is 2.18. The van der Waals surface area contributed by atoms with Gasteiger partial charge in [0.2, 0.25) is 5.91 Å². The van der Waals surface area contributed by atoms with Gasteiger partial charge in [-0.2, -0.15) is 5.26 Å². The number of carbonyl (C=O) groups is 1. The SMILES string of the molecule is CC(CC(=O)NC(C)CC#N)CC(C)(C)C. The van der Waals surface area contributed by atoms with Crippen molar-refractivity contribution in [3.63, 3.8) is 0 Å². The number of carbonyl (C=O) groups excluding carboxylic acids is 1. The molecule has 0 aromatic rings. The molecule has 0 rings (SSSR count). The Morgan fingerprint density at radius 2 is 1.94 bits per heavy atom. The predicted octanol–water partition coefficient (Wildman–Crippen LogP) is 2.87. The molecule has 2 atom stereocenters. The van der Waals surface area contributed by atoms with Crippen LogP contribution in [0, 0.1) is 22.7 Å². The van der Waals surface area contributed by atoms with Crippen molar-refractivity contribution in [2.24, 2.45) is 11.3 Å². The van der Waals surface area contributed by atoms with Gasteiger partial charge in [0.05, 0.1) is 12.5 Å². The van der Waals surface area contributed by atoms with Crippen LogP contribution in [0.4, 0.5) is 0 Å². The van der Waals surface area contributed by atoms with Crippen LogP contribution in [0.2, 0.25) is 0 Å². The quantitative estimate of drug-likeness (QED) is 0.780. The van der Waals surface area contributed by atoms with Crippen molar-refractivity contribution >= 4 is 5.91 Å². The van der Waals surface area contributed by atoms with Gasteiger partial charge in [-0.25, -0.2) is 0 Å². The normalized spacial score (nSPS) is 15.0. The van der Waals surface area contributed by atoms with E-state index in [-0.39, 0.29) is 17.4 Å². The zero-order valence-corrected chi connectivity index (χ0v) is 11.1. The van der Waals surface area contributed by atoms with E-state index < -0.39 is 0 Å². The molecule has 3 heteroatoms. The molecule has 0 aromatic carbocycles. The zero-order chi connectivity index (χ0) is 12.8. The first-order valence-corrected chi connectivity index (χ1v) is 5.91. The Balaban J connectivity index is 3.92. The Morgan fingerprint density at radius 3 is 2.38 bits per heavy atom. The van der Waals surface area contributed by atoms with Gasteiger partial charge in [0, 0.05) is 12.5 Å². The van der Waals surface area contributed by atoms with Crippen molar-refractivity contribution in [3.05, 3.63) is 0 Å². The largest absolute Gasteiger partial charge is 0.353 e. The first-order chi connectivity index (χ1) is 7.24. The van der Waals surface area contributed by atoms with E-state index in [4.69, 9.17) is 5.26 Å². The second-order valence-electron chi connectivity index (χ2n) is 5.90. The van der Waals surface area contributed by atoms with E-state index in [1.807, 2.05) is 13.0 Å². The van der Waals surface area contributed by atoms with Crippen molar-refractivity contribution in [1.29, 1.82) is 5.26 Å². The van der Waals surface area contributed by atoms with Crippen LogP contribution in [-0.4, -0.2) is 11.9 Å². The monoisotopic (exact) mass is 224 g/mol. The van der Waals surface area contributed by atoms with Crippen LogP contribution < -0.4 is 5.32 Å². The summed E-state index contributed by atoms with van der Waals surface area (Å²) in [7, 11) is 0. The van der Waals surface area contributed by atoms with Gasteiger partial charge >= 0.3 is 0 Å². The number of amides is 1. The highest BCUT2D eigenvalue weighted by atomic mass is 16.1. The lowest BCUT2D eigenvalue weighted by atomic mass is 9.84. The van der Waals surface area contributed by atoms with Gasteiger partial charge in [-0.05, 0) is 24.7 Å². The minimum atomic E-state index is -0.0423. The Bertz CT molecular complexity index is 260. The van der Waals surface area contributed by atoms with Gasteiger partial charge in [-0.3, -0.25) is 4.79 Å². The molecule has 1 N–H and O–H groups in total.